The third kappa shape index (κ3) is 9.06. The van der Waals surface area contributed by atoms with E-state index >= 15 is 0 Å². The van der Waals surface area contributed by atoms with Crippen LogP contribution in [0.1, 0.15) is 0 Å². The number of allylic oxidation sites excluding steroid dienone is 1. The summed E-state index contributed by atoms with van der Waals surface area (Å²) in [7, 11) is 0. The van der Waals surface area contributed by atoms with Crippen LogP contribution in [-0.2, 0) is 17.1 Å². The fourth-order valence-electron chi connectivity index (χ4n) is 1.93. The molecular formula is C19H17FeIN2O2+2. The predicted octanol–water partition coefficient (Wildman–Crippen LogP) is 4.75. The summed E-state index contributed by atoms with van der Waals surface area (Å²) in [6.45, 7) is 0.698. The number of nitro benzene ring substituents is 1. The van der Waals surface area contributed by atoms with Gasteiger partial charge in [0.15, 0.2) is 0 Å². The van der Waals surface area contributed by atoms with Gasteiger partial charge in [0.1, 0.15) is 0 Å². The van der Waals surface area contributed by atoms with Crippen LogP contribution < -0.4 is 5.32 Å². The number of nitro groups is 1. The molecule has 1 N–H and O–H groups in total. The van der Waals surface area contributed by atoms with E-state index in [9.17, 15) is 10.1 Å². The zero-order valence-corrected chi connectivity index (χ0v) is 16.5. The third-order valence-electron chi connectivity index (χ3n) is 3.11. The van der Waals surface area contributed by atoms with Crippen molar-refractivity contribution in [3.63, 3.8) is 0 Å². The average Bonchev–Trinajstić information content (AvgIpc) is 3.29. The maximum Gasteiger partial charge on any atom is 2.00 e. The van der Waals surface area contributed by atoms with Gasteiger partial charge in [-0.05, 0) is 92.5 Å². The van der Waals surface area contributed by atoms with Gasteiger partial charge in [-0.15, -0.1) is 0 Å². The number of hydrogen-bond donors (Lipinski definition) is 1. The molecule has 0 atom stereocenters. The normalized spacial score (nSPS) is 17.4. The molecule has 2 aliphatic carbocycles. The Morgan fingerprint density at radius 3 is 2.00 bits per heavy atom. The second-order valence-electron chi connectivity index (χ2n) is 4.93. The van der Waals surface area contributed by atoms with E-state index in [-0.39, 0.29) is 22.8 Å². The number of hydrogen-bond acceptors (Lipinski definition) is 3. The van der Waals surface area contributed by atoms with Crippen LogP contribution in [-0.4, -0.2) is 11.5 Å². The van der Waals surface area contributed by atoms with Crippen LogP contribution in [0.4, 0.5) is 11.4 Å². The molecule has 25 heavy (non-hydrogen) atoms. The monoisotopic (exact) mass is 488 g/mol. The molecule has 3 rings (SSSR count). The van der Waals surface area contributed by atoms with E-state index < -0.39 is 4.92 Å². The Bertz CT molecular complexity index is 531. The molecule has 128 valence electrons. The molecule has 6 heteroatoms. The standard InChI is InChI=1S/C14H12IN2O2.C5H5.Fe/c15-12(9-11-3-1-2-4-11)10-16-13-5-7-14(8-6-13)17(18)19;1-2-4-5-3-1;/h1-9,16H,10H2;1-5H;/q;;+2/b12-9-;;. The van der Waals surface area contributed by atoms with Gasteiger partial charge in [0, 0.05) is 33.9 Å². The molecule has 10 radical (unpaired) electrons. The second kappa shape index (κ2) is 12.7. The predicted molar refractivity (Wildman–Crippen MR) is 106 cm³/mol. The summed E-state index contributed by atoms with van der Waals surface area (Å²) in [6, 6.07) is 6.42. The van der Waals surface area contributed by atoms with Crippen molar-refractivity contribution in [2.24, 2.45) is 0 Å². The molecular weight excluding hydrogens is 471 g/mol. The van der Waals surface area contributed by atoms with Gasteiger partial charge < -0.3 is 5.32 Å². The van der Waals surface area contributed by atoms with E-state index in [1.165, 1.54) is 21.6 Å². The smallest absolute Gasteiger partial charge is 0.381 e. The van der Waals surface area contributed by atoms with Crippen LogP contribution in [0.3, 0.4) is 0 Å². The van der Waals surface area contributed by atoms with Gasteiger partial charge >= 0.3 is 17.1 Å². The molecule has 0 saturated heterocycles. The minimum atomic E-state index is -0.400. The number of benzene rings is 1. The number of non-ortho nitro benzene ring substituents is 1. The van der Waals surface area contributed by atoms with Crippen molar-refractivity contribution in [1.82, 2.24) is 0 Å². The van der Waals surface area contributed by atoms with Gasteiger partial charge in [0.05, 0.1) is 4.92 Å². The average molecular weight is 488 g/mol. The van der Waals surface area contributed by atoms with Crippen LogP contribution in [0, 0.1) is 73.8 Å². The van der Waals surface area contributed by atoms with Gasteiger partial charge in [-0.1, -0.05) is 6.08 Å². The van der Waals surface area contributed by atoms with Gasteiger partial charge in [-0.2, -0.15) is 0 Å². The first-order chi connectivity index (χ1) is 11.6. The topological polar surface area (TPSA) is 55.2 Å². The van der Waals surface area contributed by atoms with Crippen molar-refractivity contribution in [2.75, 3.05) is 11.9 Å². The van der Waals surface area contributed by atoms with Crippen molar-refractivity contribution in [3.05, 3.63) is 108 Å². The van der Waals surface area contributed by atoms with Gasteiger partial charge in [0.2, 0.25) is 0 Å². The molecule has 0 amide bonds. The summed E-state index contributed by atoms with van der Waals surface area (Å²) < 4.78 is 1.17. The summed E-state index contributed by atoms with van der Waals surface area (Å²) >= 11 is 2.28. The van der Waals surface area contributed by atoms with E-state index in [0.29, 0.717) is 6.54 Å². The first kappa shape index (κ1) is 22.5. The molecule has 2 fully saturated rings. The Morgan fingerprint density at radius 1 is 1.00 bits per heavy atom. The van der Waals surface area contributed by atoms with E-state index in [1.807, 2.05) is 57.8 Å². The quantitative estimate of drug-likeness (QED) is 0.282. The van der Waals surface area contributed by atoms with Gasteiger partial charge in [-0.25, -0.2) is 0 Å². The third-order valence-corrected chi connectivity index (χ3v) is 3.80. The minimum absolute atomic E-state index is 0. The zero-order valence-electron chi connectivity index (χ0n) is 13.3. The summed E-state index contributed by atoms with van der Waals surface area (Å²) in [6.07, 6.45) is 20.2. The number of anilines is 1. The molecule has 0 spiro atoms. The second-order valence-corrected chi connectivity index (χ2v) is 6.31. The molecule has 0 unspecified atom stereocenters. The van der Waals surface area contributed by atoms with E-state index in [2.05, 4.69) is 34.0 Å². The maximum absolute atomic E-state index is 10.5. The minimum Gasteiger partial charge on any atom is -0.381 e. The summed E-state index contributed by atoms with van der Waals surface area (Å²) in [4.78, 5) is 10.1. The van der Waals surface area contributed by atoms with Crippen LogP contribution in [0.15, 0.2) is 33.9 Å². The molecule has 0 heterocycles. The SMILES string of the molecule is O=[N+]([O-])c1ccc(NC/C(I)=C/[C]2[CH][CH][CH][CH]2)cc1.[CH]1[CH][CH][CH][CH]1.[Fe+2]. The van der Waals surface area contributed by atoms with Crippen molar-refractivity contribution in [3.8, 4) is 0 Å². The molecule has 0 aliphatic heterocycles. The largest absolute Gasteiger partial charge is 2.00 e. The number of nitrogens with zero attached hydrogens (tertiary/aromatic N) is 1. The van der Waals surface area contributed by atoms with Gasteiger partial charge in [-0.3, -0.25) is 10.1 Å². The molecule has 2 aliphatic rings. The number of halogens is 1. The summed E-state index contributed by atoms with van der Waals surface area (Å²) in [5.74, 6) is 1.18. The Morgan fingerprint density at radius 2 is 1.52 bits per heavy atom. The van der Waals surface area contributed by atoms with E-state index in [4.69, 9.17) is 0 Å². The first-order valence-corrected chi connectivity index (χ1v) is 8.46. The van der Waals surface area contributed by atoms with Crippen molar-refractivity contribution in [1.29, 1.82) is 0 Å². The molecule has 4 nitrogen and oxygen atoms in total. The van der Waals surface area contributed by atoms with Gasteiger partial charge in [0.25, 0.3) is 5.69 Å². The van der Waals surface area contributed by atoms with Crippen LogP contribution in [0.5, 0.6) is 0 Å². The van der Waals surface area contributed by atoms with E-state index in [0.717, 1.165) is 5.69 Å². The molecule has 2 saturated carbocycles. The summed E-state index contributed by atoms with van der Waals surface area (Å²) in [5, 5.41) is 13.8. The first-order valence-electron chi connectivity index (χ1n) is 7.38. The number of nitrogens with one attached hydrogen (secondary N) is 1. The van der Waals surface area contributed by atoms with Crippen LogP contribution >= 0.6 is 22.6 Å². The Kier molecular flexibility index (Phi) is 11.4. The van der Waals surface area contributed by atoms with Crippen LogP contribution in [0.2, 0.25) is 0 Å². The molecule has 0 bridgehead atoms. The van der Waals surface area contributed by atoms with Crippen molar-refractivity contribution >= 4 is 34.0 Å². The molecule has 1 aromatic carbocycles. The Hall–Kier alpha value is -0.591. The number of rotatable bonds is 5. The Balaban J connectivity index is 0.000000448. The van der Waals surface area contributed by atoms with E-state index in [1.54, 1.807) is 12.1 Å². The summed E-state index contributed by atoms with van der Waals surface area (Å²) in [5.41, 5.74) is 0.975. The molecule has 0 aromatic heterocycles. The maximum atomic E-state index is 10.5. The fraction of sp³-hybridized carbons (Fsp3) is 0.0526. The fourth-order valence-corrected chi connectivity index (χ4v) is 2.48. The Labute approximate surface area is 175 Å². The van der Waals surface area contributed by atoms with Crippen molar-refractivity contribution in [2.45, 2.75) is 0 Å². The van der Waals surface area contributed by atoms with Crippen molar-refractivity contribution < 1.29 is 22.0 Å². The zero-order chi connectivity index (χ0) is 17.2. The van der Waals surface area contributed by atoms with Crippen LogP contribution in [0.25, 0.3) is 0 Å². The molecule has 1 aromatic rings.